The maximum Gasteiger partial charge on any atom is 0.0625 e. The summed E-state index contributed by atoms with van der Waals surface area (Å²) in [5.74, 6) is 0. The molecule has 0 aromatic heterocycles. The molecule has 1 nitrogen and oxygen atoms in total. The SMILES string of the molecule is CC1=C(CCC#N)c2ccccc2C1. The average Bonchev–Trinajstić information content (AvgIpc) is 2.51. The number of rotatable bonds is 2. The van der Waals surface area contributed by atoms with Crippen LogP contribution in [-0.2, 0) is 6.42 Å². The zero-order chi connectivity index (χ0) is 9.97. The van der Waals surface area contributed by atoms with E-state index in [2.05, 4.69) is 37.3 Å². The van der Waals surface area contributed by atoms with E-state index < -0.39 is 0 Å². The van der Waals surface area contributed by atoms with Crippen molar-refractivity contribution in [3.8, 4) is 6.07 Å². The minimum absolute atomic E-state index is 0.626. The molecule has 0 bridgehead atoms. The van der Waals surface area contributed by atoms with Crippen LogP contribution in [0.2, 0.25) is 0 Å². The molecule has 0 saturated carbocycles. The first-order valence-corrected chi connectivity index (χ1v) is 4.97. The first kappa shape index (κ1) is 9.02. The molecule has 1 aliphatic carbocycles. The van der Waals surface area contributed by atoms with Crippen LogP contribution in [0.1, 0.15) is 30.9 Å². The zero-order valence-corrected chi connectivity index (χ0v) is 8.38. The molecule has 0 heterocycles. The van der Waals surface area contributed by atoms with Gasteiger partial charge in [-0.15, -0.1) is 0 Å². The lowest BCUT2D eigenvalue weighted by molar-refractivity contribution is 1.07. The van der Waals surface area contributed by atoms with Crippen molar-refractivity contribution in [1.29, 1.82) is 5.26 Å². The van der Waals surface area contributed by atoms with Crippen LogP contribution in [0, 0.1) is 11.3 Å². The quantitative estimate of drug-likeness (QED) is 0.690. The van der Waals surface area contributed by atoms with Crippen LogP contribution in [0.15, 0.2) is 29.8 Å². The number of fused-ring (bicyclic) bond motifs is 1. The molecule has 1 heteroatoms. The van der Waals surface area contributed by atoms with Crippen LogP contribution in [0.25, 0.3) is 5.57 Å². The Bertz CT molecular complexity index is 421. The fourth-order valence-corrected chi connectivity index (χ4v) is 2.12. The van der Waals surface area contributed by atoms with E-state index in [1.807, 2.05) is 0 Å². The predicted octanol–water partition coefficient (Wildman–Crippen LogP) is 3.32. The smallest absolute Gasteiger partial charge is 0.0625 e. The molecule has 0 saturated heterocycles. The van der Waals surface area contributed by atoms with E-state index in [4.69, 9.17) is 5.26 Å². The summed E-state index contributed by atoms with van der Waals surface area (Å²) in [5.41, 5.74) is 5.60. The van der Waals surface area contributed by atoms with Crippen LogP contribution in [-0.4, -0.2) is 0 Å². The van der Waals surface area contributed by atoms with Gasteiger partial charge in [0.15, 0.2) is 0 Å². The number of allylic oxidation sites excluding steroid dienone is 2. The maximum atomic E-state index is 8.59. The maximum absolute atomic E-state index is 8.59. The lowest BCUT2D eigenvalue weighted by Gasteiger charge is -2.03. The van der Waals surface area contributed by atoms with Gasteiger partial charge in [0.05, 0.1) is 6.07 Å². The summed E-state index contributed by atoms with van der Waals surface area (Å²) in [5, 5.41) is 8.59. The summed E-state index contributed by atoms with van der Waals surface area (Å²) in [6.07, 6.45) is 2.59. The van der Waals surface area contributed by atoms with Crippen molar-refractivity contribution in [3.63, 3.8) is 0 Å². The van der Waals surface area contributed by atoms with Gasteiger partial charge in [-0.2, -0.15) is 5.26 Å². The van der Waals surface area contributed by atoms with Crippen molar-refractivity contribution in [1.82, 2.24) is 0 Å². The van der Waals surface area contributed by atoms with E-state index in [9.17, 15) is 0 Å². The topological polar surface area (TPSA) is 23.8 Å². The summed E-state index contributed by atoms with van der Waals surface area (Å²) in [6.45, 7) is 2.17. The van der Waals surface area contributed by atoms with Crippen molar-refractivity contribution in [2.45, 2.75) is 26.2 Å². The molecule has 0 spiro atoms. The van der Waals surface area contributed by atoms with Crippen LogP contribution < -0.4 is 0 Å². The van der Waals surface area contributed by atoms with Gasteiger partial charge in [-0.25, -0.2) is 0 Å². The van der Waals surface area contributed by atoms with Gasteiger partial charge in [0, 0.05) is 6.42 Å². The van der Waals surface area contributed by atoms with Gasteiger partial charge in [-0.05, 0) is 36.5 Å². The van der Waals surface area contributed by atoms with Gasteiger partial charge in [-0.3, -0.25) is 0 Å². The van der Waals surface area contributed by atoms with Gasteiger partial charge < -0.3 is 0 Å². The Morgan fingerprint density at radius 1 is 1.36 bits per heavy atom. The summed E-state index contributed by atoms with van der Waals surface area (Å²) in [7, 11) is 0. The van der Waals surface area contributed by atoms with Crippen LogP contribution >= 0.6 is 0 Å². The second-order valence-electron chi connectivity index (χ2n) is 3.75. The van der Waals surface area contributed by atoms with Crippen molar-refractivity contribution in [2.24, 2.45) is 0 Å². The Balaban J connectivity index is 2.32. The number of nitrogens with zero attached hydrogens (tertiary/aromatic N) is 1. The highest BCUT2D eigenvalue weighted by Gasteiger charge is 2.16. The van der Waals surface area contributed by atoms with Crippen molar-refractivity contribution >= 4 is 5.57 Å². The minimum Gasteiger partial charge on any atom is -0.198 e. The largest absolute Gasteiger partial charge is 0.198 e. The number of nitriles is 1. The third-order valence-electron chi connectivity index (χ3n) is 2.80. The number of hydrogen-bond donors (Lipinski definition) is 0. The molecule has 0 aliphatic heterocycles. The lowest BCUT2D eigenvalue weighted by atomic mass is 10.0. The van der Waals surface area contributed by atoms with E-state index in [-0.39, 0.29) is 0 Å². The molecule has 70 valence electrons. The Kier molecular flexibility index (Phi) is 2.37. The Labute approximate surface area is 84.7 Å². The Hall–Kier alpha value is -1.55. The first-order chi connectivity index (χ1) is 6.83. The van der Waals surface area contributed by atoms with Crippen molar-refractivity contribution in [2.75, 3.05) is 0 Å². The molecule has 1 aromatic rings. The molecule has 0 atom stereocenters. The average molecular weight is 183 g/mol. The predicted molar refractivity (Wildman–Crippen MR) is 57.6 cm³/mol. The van der Waals surface area contributed by atoms with Gasteiger partial charge in [0.25, 0.3) is 0 Å². The van der Waals surface area contributed by atoms with Crippen LogP contribution in [0.5, 0.6) is 0 Å². The molecule has 2 rings (SSSR count). The van der Waals surface area contributed by atoms with E-state index >= 15 is 0 Å². The Morgan fingerprint density at radius 2 is 2.14 bits per heavy atom. The second kappa shape index (κ2) is 3.67. The second-order valence-corrected chi connectivity index (χ2v) is 3.75. The van der Waals surface area contributed by atoms with Crippen LogP contribution in [0.4, 0.5) is 0 Å². The van der Waals surface area contributed by atoms with Crippen molar-refractivity contribution < 1.29 is 0 Å². The van der Waals surface area contributed by atoms with Crippen molar-refractivity contribution in [3.05, 3.63) is 41.0 Å². The Morgan fingerprint density at radius 3 is 2.93 bits per heavy atom. The van der Waals surface area contributed by atoms with Gasteiger partial charge in [0.1, 0.15) is 0 Å². The molecular weight excluding hydrogens is 170 g/mol. The summed E-state index contributed by atoms with van der Waals surface area (Å²) >= 11 is 0. The molecule has 0 fully saturated rings. The van der Waals surface area contributed by atoms with Crippen LogP contribution in [0.3, 0.4) is 0 Å². The molecule has 0 unspecified atom stereocenters. The standard InChI is InChI=1S/C13H13N/c1-10-9-11-5-2-3-6-13(11)12(10)7-4-8-14/h2-3,5-6H,4,7,9H2,1H3. The molecule has 0 N–H and O–H groups in total. The minimum atomic E-state index is 0.626. The highest BCUT2D eigenvalue weighted by atomic mass is 14.3. The zero-order valence-electron chi connectivity index (χ0n) is 8.38. The third-order valence-corrected chi connectivity index (χ3v) is 2.80. The monoisotopic (exact) mass is 183 g/mol. The number of hydrogen-bond acceptors (Lipinski definition) is 1. The summed E-state index contributed by atoms with van der Waals surface area (Å²) in [6, 6.07) is 10.7. The molecule has 0 amide bonds. The highest BCUT2D eigenvalue weighted by Crippen LogP contribution is 2.34. The van der Waals surface area contributed by atoms with E-state index in [0.717, 1.165) is 12.8 Å². The molecular formula is C13H13N. The van der Waals surface area contributed by atoms with E-state index in [0.29, 0.717) is 6.42 Å². The normalized spacial score (nSPS) is 14.0. The molecule has 1 aliphatic rings. The van der Waals surface area contributed by atoms with Gasteiger partial charge in [0.2, 0.25) is 0 Å². The van der Waals surface area contributed by atoms with Gasteiger partial charge >= 0.3 is 0 Å². The van der Waals surface area contributed by atoms with Gasteiger partial charge in [-0.1, -0.05) is 29.8 Å². The molecule has 0 radical (unpaired) electrons. The fraction of sp³-hybridized carbons (Fsp3) is 0.308. The number of benzene rings is 1. The fourth-order valence-electron chi connectivity index (χ4n) is 2.12. The first-order valence-electron chi connectivity index (χ1n) is 4.97. The van der Waals surface area contributed by atoms with E-state index in [1.54, 1.807) is 0 Å². The lowest BCUT2D eigenvalue weighted by Crippen LogP contribution is -1.83. The molecule has 14 heavy (non-hydrogen) atoms. The molecule has 1 aromatic carbocycles. The summed E-state index contributed by atoms with van der Waals surface area (Å²) in [4.78, 5) is 0. The van der Waals surface area contributed by atoms with E-state index in [1.165, 1.54) is 22.3 Å². The summed E-state index contributed by atoms with van der Waals surface area (Å²) < 4.78 is 0. The third kappa shape index (κ3) is 1.44. The highest BCUT2D eigenvalue weighted by molar-refractivity contribution is 5.76.